The zero-order chi connectivity index (χ0) is 24.9. The Labute approximate surface area is 209 Å². The lowest BCUT2D eigenvalue weighted by atomic mass is 10.2. The van der Waals surface area contributed by atoms with Gasteiger partial charge >= 0.3 is 0 Å². The quantitative estimate of drug-likeness (QED) is 0.190. The van der Waals surface area contributed by atoms with Crippen molar-refractivity contribution >= 4 is 35.0 Å². The second-order valence-electron chi connectivity index (χ2n) is 7.59. The van der Waals surface area contributed by atoms with Crippen molar-refractivity contribution in [1.29, 1.82) is 0 Å². The molecule has 0 unspecified atom stereocenters. The summed E-state index contributed by atoms with van der Waals surface area (Å²) in [6.45, 7) is 2.03. The summed E-state index contributed by atoms with van der Waals surface area (Å²) in [5, 5.41) is 22.8. The van der Waals surface area contributed by atoms with Gasteiger partial charge < -0.3 is 5.32 Å². The standard InChI is InChI=1S/C24H19ClFN5O3S/c1-15-2-8-18(9-3-15)30-22(28-29-24(30)35-14-16-4-6-17(26)7-5-16)13-27-23(32)20-11-10-19(31(33)34)12-21(20)25/h2-12H,13-14H2,1H3,(H,27,32). The van der Waals surface area contributed by atoms with Crippen molar-refractivity contribution in [2.75, 3.05) is 0 Å². The molecule has 0 bridgehead atoms. The largest absolute Gasteiger partial charge is 0.345 e. The van der Waals surface area contributed by atoms with Crippen LogP contribution >= 0.6 is 23.4 Å². The molecule has 0 saturated heterocycles. The molecular formula is C24H19ClFN5O3S. The molecule has 0 atom stereocenters. The van der Waals surface area contributed by atoms with Crippen LogP contribution in [0.4, 0.5) is 10.1 Å². The summed E-state index contributed by atoms with van der Waals surface area (Å²) in [6.07, 6.45) is 0. The number of benzene rings is 3. The van der Waals surface area contributed by atoms with Gasteiger partial charge in [-0.1, -0.05) is 53.2 Å². The van der Waals surface area contributed by atoms with Gasteiger partial charge in [-0.25, -0.2) is 4.39 Å². The van der Waals surface area contributed by atoms with Gasteiger partial charge in [-0.05, 0) is 42.8 Å². The molecule has 0 radical (unpaired) electrons. The topological polar surface area (TPSA) is 103 Å². The van der Waals surface area contributed by atoms with Gasteiger partial charge in [-0.2, -0.15) is 0 Å². The van der Waals surface area contributed by atoms with Crippen molar-refractivity contribution in [1.82, 2.24) is 20.1 Å². The van der Waals surface area contributed by atoms with Crippen LogP contribution in [-0.4, -0.2) is 25.6 Å². The lowest BCUT2D eigenvalue weighted by Crippen LogP contribution is -2.25. The minimum Gasteiger partial charge on any atom is -0.345 e. The summed E-state index contributed by atoms with van der Waals surface area (Å²) in [4.78, 5) is 23.0. The number of halogens is 2. The van der Waals surface area contributed by atoms with Crippen LogP contribution in [0.5, 0.6) is 0 Å². The van der Waals surface area contributed by atoms with E-state index >= 15 is 0 Å². The smallest absolute Gasteiger partial charge is 0.270 e. The van der Waals surface area contributed by atoms with Gasteiger partial charge in [-0.15, -0.1) is 10.2 Å². The number of aromatic nitrogens is 3. The van der Waals surface area contributed by atoms with E-state index in [1.54, 1.807) is 12.1 Å². The average Bonchev–Trinajstić information content (AvgIpc) is 3.25. The van der Waals surface area contributed by atoms with Gasteiger partial charge in [0.05, 0.1) is 22.1 Å². The van der Waals surface area contributed by atoms with Gasteiger partial charge in [0.15, 0.2) is 11.0 Å². The Morgan fingerprint density at radius 1 is 1.11 bits per heavy atom. The first-order valence-electron chi connectivity index (χ1n) is 10.4. The van der Waals surface area contributed by atoms with Crippen LogP contribution in [0.3, 0.4) is 0 Å². The van der Waals surface area contributed by atoms with E-state index in [1.165, 1.54) is 36.0 Å². The second-order valence-corrected chi connectivity index (χ2v) is 8.94. The highest BCUT2D eigenvalue weighted by molar-refractivity contribution is 7.98. The highest BCUT2D eigenvalue weighted by Gasteiger charge is 2.18. The van der Waals surface area contributed by atoms with Gasteiger partial charge in [0.25, 0.3) is 11.6 Å². The minimum absolute atomic E-state index is 0.0211. The third kappa shape index (κ3) is 5.84. The molecular weight excluding hydrogens is 493 g/mol. The lowest BCUT2D eigenvalue weighted by Gasteiger charge is -2.12. The fourth-order valence-corrected chi connectivity index (χ4v) is 4.43. The Kier molecular flexibility index (Phi) is 7.42. The number of carbonyl (C=O) groups excluding carboxylic acids is 1. The Morgan fingerprint density at radius 3 is 2.49 bits per heavy atom. The molecule has 1 heterocycles. The Morgan fingerprint density at radius 2 is 1.83 bits per heavy atom. The fourth-order valence-electron chi connectivity index (χ4n) is 3.25. The normalized spacial score (nSPS) is 10.8. The van der Waals surface area contributed by atoms with E-state index < -0.39 is 10.8 Å². The van der Waals surface area contributed by atoms with E-state index in [-0.39, 0.29) is 28.6 Å². The van der Waals surface area contributed by atoms with Gasteiger partial charge in [0.1, 0.15) is 5.82 Å². The summed E-state index contributed by atoms with van der Waals surface area (Å²) in [5.41, 5.74) is 2.75. The number of thioether (sulfide) groups is 1. The number of hydrogen-bond acceptors (Lipinski definition) is 6. The molecule has 4 aromatic rings. The third-order valence-corrected chi connectivity index (χ3v) is 6.40. The molecule has 0 saturated carbocycles. The maximum atomic E-state index is 13.2. The number of nitro groups is 1. The first-order valence-corrected chi connectivity index (χ1v) is 11.8. The third-order valence-electron chi connectivity index (χ3n) is 5.09. The number of amides is 1. The average molecular weight is 512 g/mol. The Balaban J connectivity index is 1.56. The highest BCUT2D eigenvalue weighted by atomic mass is 35.5. The van der Waals surface area contributed by atoms with Crippen molar-refractivity contribution in [3.05, 3.63) is 110 Å². The zero-order valence-electron chi connectivity index (χ0n) is 18.4. The summed E-state index contributed by atoms with van der Waals surface area (Å²) in [5.74, 6) is 0.244. The van der Waals surface area contributed by atoms with E-state index in [0.29, 0.717) is 16.7 Å². The molecule has 0 spiro atoms. The number of non-ortho nitro benzene ring substituents is 1. The second kappa shape index (κ2) is 10.7. The van der Waals surface area contributed by atoms with Gasteiger partial charge in [-0.3, -0.25) is 19.5 Å². The molecule has 178 valence electrons. The summed E-state index contributed by atoms with van der Waals surface area (Å²) >= 11 is 7.51. The Bertz CT molecular complexity index is 1380. The first-order chi connectivity index (χ1) is 16.8. The molecule has 11 heteroatoms. The van der Waals surface area contributed by atoms with Crippen molar-refractivity contribution in [3.63, 3.8) is 0 Å². The zero-order valence-corrected chi connectivity index (χ0v) is 20.0. The van der Waals surface area contributed by atoms with Crippen molar-refractivity contribution in [3.8, 4) is 5.69 Å². The number of aryl methyl sites for hydroxylation is 1. The van der Waals surface area contributed by atoms with Crippen LogP contribution in [-0.2, 0) is 12.3 Å². The predicted octanol–water partition coefficient (Wildman–Crippen LogP) is 5.50. The van der Waals surface area contributed by atoms with Crippen molar-refractivity contribution in [2.45, 2.75) is 24.4 Å². The Hall–Kier alpha value is -3.76. The number of carbonyl (C=O) groups is 1. The molecule has 0 aliphatic heterocycles. The van der Waals surface area contributed by atoms with Gasteiger partial charge in [0, 0.05) is 23.6 Å². The molecule has 4 rings (SSSR count). The van der Waals surface area contributed by atoms with Crippen molar-refractivity contribution < 1.29 is 14.1 Å². The molecule has 8 nitrogen and oxygen atoms in total. The van der Waals surface area contributed by atoms with Crippen LogP contribution in [0.1, 0.15) is 27.3 Å². The SMILES string of the molecule is Cc1ccc(-n2c(CNC(=O)c3ccc([N+](=O)[O-])cc3Cl)nnc2SCc2ccc(F)cc2)cc1. The number of hydrogen-bond donors (Lipinski definition) is 1. The summed E-state index contributed by atoms with van der Waals surface area (Å²) in [7, 11) is 0. The molecule has 1 N–H and O–H groups in total. The monoisotopic (exact) mass is 511 g/mol. The molecule has 1 amide bonds. The van der Waals surface area contributed by atoms with Crippen LogP contribution < -0.4 is 5.32 Å². The fraction of sp³-hybridized carbons (Fsp3) is 0.125. The first kappa shape index (κ1) is 24.4. The number of rotatable bonds is 8. The highest BCUT2D eigenvalue weighted by Crippen LogP contribution is 2.26. The summed E-state index contributed by atoms with van der Waals surface area (Å²) in [6, 6.07) is 17.7. The number of nitrogens with one attached hydrogen (secondary N) is 1. The molecule has 35 heavy (non-hydrogen) atoms. The molecule has 0 aliphatic carbocycles. The van der Waals surface area contributed by atoms with Crippen LogP contribution in [0, 0.1) is 22.9 Å². The predicted molar refractivity (Wildman–Crippen MR) is 131 cm³/mol. The molecule has 0 fully saturated rings. The summed E-state index contributed by atoms with van der Waals surface area (Å²) < 4.78 is 15.1. The maximum absolute atomic E-state index is 13.2. The van der Waals surface area contributed by atoms with E-state index in [1.807, 2.05) is 35.8 Å². The van der Waals surface area contributed by atoms with Crippen LogP contribution in [0.15, 0.2) is 71.9 Å². The number of nitro benzene ring substituents is 1. The lowest BCUT2D eigenvalue weighted by molar-refractivity contribution is -0.384. The van der Waals surface area contributed by atoms with E-state index in [9.17, 15) is 19.3 Å². The maximum Gasteiger partial charge on any atom is 0.270 e. The molecule has 1 aromatic heterocycles. The van der Waals surface area contributed by atoms with E-state index in [0.717, 1.165) is 22.9 Å². The molecule has 3 aromatic carbocycles. The van der Waals surface area contributed by atoms with E-state index in [4.69, 9.17) is 11.6 Å². The van der Waals surface area contributed by atoms with E-state index in [2.05, 4.69) is 15.5 Å². The van der Waals surface area contributed by atoms with Crippen LogP contribution in [0.25, 0.3) is 5.69 Å². The minimum atomic E-state index is -0.581. The number of nitrogens with zero attached hydrogens (tertiary/aromatic N) is 4. The van der Waals surface area contributed by atoms with Crippen molar-refractivity contribution in [2.24, 2.45) is 0 Å². The molecule has 0 aliphatic rings. The van der Waals surface area contributed by atoms with Gasteiger partial charge in [0.2, 0.25) is 0 Å². The van der Waals surface area contributed by atoms with Crippen LogP contribution in [0.2, 0.25) is 5.02 Å².